The van der Waals surface area contributed by atoms with Crippen LogP contribution in [0.3, 0.4) is 0 Å². The average Bonchev–Trinajstić information content (AvgIpc) is 1.93. The Balaban J connectivity index is 5.32. The van der Waals surface area contributed by atoms with E-state index in [2.05, 4.69) is 58.6 Å². The zero-order chi connectivity index (χ0) is 13.3. The molecule has 0 aromatic heterocycles. The third kappa shape index (κ3) is 5.09. The third-order valence-electron chi connectivity index (χ3n) is 3.11. The summed E-state index contributed by atoms with van der Waals surface area (Å²) in [5, 5.41) is 0. The number of nitrogens with zero attached hydrogens (tertiary/aromatic N) is 1. The van der Waals surface area contributed by atoms with Crippen molar-refractivity contribution in [2.45, 2.75) is 69.0 Å². The van der Waals surface area contributed by atoms with E-state index in [-0.39, 0.29) is 0 Å². The molecule has 0 saturated carbocycles. The molecule has 96 valence electrons. The molecule has 4 heteroatoms. The molecule has 0 rings (SSSR count). The molecule has 0 bridgehead atoms. The molecule has 0 aliphatic carbocycles. The van der Waals surface area contributed by atoms with Gasteiger partial charge in [0.15, 0.2) is 0 Å². The van der Waals surface area contributed by atoms with E-state index in [1.807, 2.05) is 0 Å². The van der Waals surface area contributed by atoms with Gasteiger partial charge in [-0.2, -0.15) is 0 Å². The summed E-state index contributed by atoms with van der Waals surface area (Å²) >= 11 is -3.90. The van der Waals surface area contributed by atoms with Gasteiger partial charge in [0, 0.05) is 0 Å². The van der Waals surface area contributed by atoms with Gasteiger partial charge in [0.25, 0.3) is 0 Å². The summed E-state index contributed by atoms with van der Waals surface area (Å²) in [7, 11) is 0. The van der Waals surface area contributed by atoms with Crippen LogP contribution in [0.15, 0.2) is 0 Å². The van der Waals surface area contributed by atoms with Crippen LogP contribution in [0.5, 0.6) is 0 Å². The first kappa shape index (κ1) is 17.6. The fraction of sp³-hybridized carbons (Fsp3) is 1.00. The summed E-state index contributed by atoms with van der Waals surface area (Å²) < 4.78 is 3.11. The predicted octanol–water partition coefficient (Wildman–Crippen LogP) is 4.77. The molecule has 0 N–H and O–H groups in total. The molecule has 0 radical (unpaired) electrons. The van der Waals surface area contributed by atoms with Crippen molar-refractivity contribution in [3.05, 3.63) is 0 Å². The van der Waals surface area contributed by atoms with Crippen LogP contribution in [0.25, 0.3) is 0 Å². The van der Waals surface area contributed by atoms with Crippen molar-refractivity contribution in [3.63, 3.8) is 0 Å². The Morgan fingerprint density at radius 2 is 0.938 bits per heavy atom. The van der Waals surface area contributed by atoms with Crippen LogP contribution in [0.4, 0.5) is 0 Å². The van der Waals surface area contributed by atoms with Gasteiger partial charge in [0.1, 0.15) is 0 Å². The second-order valence-electron chi connectivity index (χ2n) is 7.69. The van der Waals surface area contributed by atoms with Crippen molar-refractivity contribution >= 4 is 44.1 Å². The van der Waals surface area contributed by atoms with Crippen LogP contribution < -0.4 is 0 Å². The molecule has 0 fully saturated rings. The molecule has 0 aromatic carbocycles. The number of rotatable bonds is 5. The van der Waals surface area contributed by atoms with Crippen LogP contribution in [0.2, 0.25) is 41.3 Å². The zero-order valence-corrected chi connectivity index (χ0v) is 18.9. The number of hydrogen-bond donors (Lipinski definition) is 0. The van der Waals surface area contributed by atoms with Crippen molar-refractivity contribution in [1.29, 1.82) is 0 Å². The van der Waals surface area contributed by atoms with Gasteiger partial charge in [-0.05, 0) is 0 Å². The zero-order valence-electron chi connectivity index (χ0n) is 13.2. The van der Waals surface area contributed by atoms with Gasteiger partial charge in [0.05, 0.1) is 0 Å². The molecule has 0 aliphatic heterocycles. The quantitative estimate of drug-likeness (QED) is 0.559. The molecular formula is C12H32BNSn2. The molecule has 0 unspecified atom stereocenters. The average molecular weight is 439 g/mol. The summed E-state index contributed by atoms with van der Waals surface area (Å²) in [6, 6.07) is 0. The summed E-state index contributed by atoms with van der Waals surface area (Å²) in [4.78, 5) is 15.6. The molecule has 0 atom stereocenters. The normalized spacial score (nSPS) is 14.1. The Kier molecular flexibility index (Phi) is 6.81. The molecule has 0 aliphatic rings. The molecular weight excluding hydrogens is 406 g/mol. The maximum absolute atomic E-state index is 3.11. The fourth-order valence-corrected chi connectivity index (χ4v) is 56.1. The minimum absolute atomic E-state index is 0.798. The summed E-state index contributed by atoms with van der Waals surface area (Å²) in [6.07, 6.45) is 0. The van der Waals surface area contributed by atoms with E-state index >= 15 is 0 Å². The first-order valence-electron chi connectivity index (χ1n) is 6.68. The Bertz CT molecular complexity index is 194. The van der Waals surface area contributed by atoms with E-state index in [4.69, 9.17) is 0 Å². The molecule has 1 nitrogen and oxygen atoms in total. The van der Waals surface area contributed by atoms with Crippen LogP contribution >= 0.6 is 0 Å². The van der Waals surface area contributed by atoms with Crippen LogP contribution in [0, 0.1) is 0 Å². The topological polar surface area (TPSA) is 3.24 Å². The van der Waals surface area contributed by atoms with Gasteiger partial charge >= 0.3 is 114 Å². The van der Waals surface area contributed by atoms with Crippen molar-refractivity contribution in [2.75, 3.05) is 0 Å². The standard InChI is InChI=1S/C6H14BN.6CH3.2Sn/c1-5(2)7(8)6(3)4;;;;;;;;/h5-6H,1-4H3;6*1H3;;. The van der Waals surface area contributed by atoms with Gasteiger partial charge in [-0.25, -0.2) is 0 Å². The van der Waals surface area contributed by atoms with Gasteiger partial charge in [0.2, 0.25) is 0 Å². The molecule has 0 saturated heterocycles. The van der Waals surface area contributed by atoms with Crippen molar-refractivity contribution in [1.82, 2.24) is 1.25 Å². The third-order valence-corrected chi connectivity index (χ3v) is 38.7. The van der Waals surface area contributed by atoms with Crippen LogP contribution in [-0.2, 0) is 0 Å². The van der Waals surface area contributed by atoms with E-state index in [0.717, 1.165) is 18.5 Å². The second-order valence-corrected chi connectivity index (χ2v) is 38.9. The SMILES string of the molecule is CC(C)B(C(C)C)[N]([Sn]([CH3])([CH3])[CH3])[Sn]([CH3])([CH3])[CH3]. The monoisotopic (exact) mass is 441 g/mol. The van der Waals surface area contributed by atoms with Crippen molar-refractivity contribution in [3.8, 4) is 0 Å². The fourth-order valence-electron chi connectivity index (χ4n) is 3.27. The van der Waals surface area contributed by atoms with E-state index in [0.29, 0.717) is 0 Å². The summed E-state index contributed by atoms with van der Waals surface area (Å²) in [5.74, 6) is 1.60. The minimum atomic E-state index is -1.95. The second kappa shape index (κ2) is 6.18. The van der Waals surface area contributed by atoms with Crippen LogP contribution in [0.1, 0.15) is 27.7 Å². The Hall–Kier alpha value is 1.62. The maximum atomic E-state index is 3.11. The van der Waals surface area contributed by atoms with Gasteiger partial charge in [-0.1, -0.05) is 0 Å². The predicted molar refractivity (Wildman–Crippen MR) is 84.5 cm³/mol. The first-order chi connectivity index (χ1) is 6.89. The van der Waals surface area contributed by atoms with Crippen LogP contribution in [-0.4, -0.2) is 45.4 Å². The Morgan fingerprint density at radius 3 is 1.00 bits per heavy atom. The Morgan fingerprint density at radius 1 is 0.688 bits per heavy atom. The molecule has 0 heterocycles. The van der Waals surface area contributed by atoms with E-state index in [1.54, 1.807) is 0 Å². The van der Waals surface area contributed by atoms with Gasteiger partial charge in [-0.15, -0.1) is 0 Å². The molecule has 0 spiro atoms. The van der Waals surface area contributed by atoms with Gasteiger partial charge in [-0.3, -0.25) is 0 Å². The van der Waals surface area contributed by atoms with Crippen molar-refractivity contribution in [2.24, 2.45) is 0 Å². The van der Waals surface area contributed by atoms with E-state index in [1.165, 1.54) is 0 Å². The summed E-state index contributed by atoms with van der Waals surface area (Å²) in [5.41, 5.74) is 0. The molecule has 0 aromatic rings. The van der Waals surface area contributed by atoms with Gasteiger partial charge < -0.3 is 0 Å². The number of hydrogen-bond acceptors (Lipinski definition) is 1. The summed E-state index contributed by atoms with van der Waals surface area (Å²) in [6.45, 7) is 10.5. The van der Waals surface area contributed by atoms with E-state index in [9.17, 15) is 0 Å². The molecule has 0 amide bonds. The van der Waals surface area contributed by atoms with Crippen molar-refractivity contribution < 1.29 is 0 Å². The Labute approximate surface area is 113 Å². The first-order valence-corrected chi connectivity index (χ1v) is 26.4. The van der Waals surface area contributed by atoms with E-state index < -0.39 is 37.3 Å². The molecule has 16 heavy (non-hydrogen) atoms.